The molecule has 0 unspecified atom stereocenters. The van der Waals surface area contributed by atoms with Crippen LogP contribution in [0.3, 0.4) is 0 Å². The molecule has 0 saturated heterocycles. The van der Waals surface area contributed by atoms with E-state index in [1.54, 1.807) is 6.07 Å². The van der Waals surface area contributed by atoms with Crippen LogP contribution in [0.4, 0.5) is 0 Å². The molecular formula is C14H20ClNO3S. The standard InChI is InChI=1S/C14H20ClNO3S/c15-13-7-6-12(10-17)8-14(13)20(18,19)16-9-11-4-2-1-3-5-11/h6-8,11,16-17H,1-5,9-10H2. The Labute approximate surface area is 125 Å². The third-order valence-corrected chi connectivity index (χ3v) is 5.66. The summed E-state index contributed by atoms with van der Waals surface area (Å²) in [5.41, 5.74) is 0.535. The molecule has 0 amide bonds. The van der Waals surface area contributed by atoms with E-state index in [9.17, 15) is 8.42 Å². The minimum Gasteiger partial charge on any atom is -0.392 e. The maximum atomic E-state index is 12.3. The Morgan fingerprint density at radius 3 is 2.60 bits per heavy atom. The highest BCUT2D eigenvalue weighted by molar-refractivity contribution is 7.89. The molecule has 20 heavy (non-hydrogen) atoms. The fourth-order valence-electron chi connectivity index (χ4n) is 2.55. The molecule has 2 rings (SSSR count). The van der Waals surface area contributed by atoms with E-state index in [4.69, 9.17) is 16.7 Å². The van der Waals surface area contributed by atoms with Gasteiger partial charge in [-0.1, -0.05) is 36.9 Å². The minimum absolute atomic E-state index is 0.0431. The summed E-state index contributed by atoms with van der Waals surface area (Å²) in [6.07, 6.45) is 5.74. The molecular weight excluding hydrogens is 298 g/mol. The second-order valence-electron chi connectivity index (χ2n) is 5.28. The van der Waals surface area contributed by atoms with E-state index in [0.717, 1.165) is 12.8 Å². The quantitative estimate of drug-likeness (QED) is 0.877. The van der Waals surface area contributed by atoms with Crippen molar-refractivity contribution in [3.05, 3.63) is 28.8 Å². The van der Waals surface area contributed by atoms with Gasteiger partial charge in [0.15, 0.2) is 0 Å². The number of nitrogens with one attached hydrogen (secondary N) is 1. The van der Waals surface area contributed by atoms with Crippen molar-refractivity contribution < 1.29 is 13.5 Å². The molecule has 1 fully saturated rings. The number of aliphatic hydroxyl groups excluding tert-OH is 1. The van der Waals surface area contributed by atoms with Gasteiger partial charge in [-0.2, -0.15) is 0 Å². The largest absolute Gasteiger partial charge is 0.392 e. The van der Waals surface area contributed by atoms with E-state index in [0.29, 0.717) is 18.0 Å². The second kappa shape index (κ2) is 6.89. The topological polar surface area (TPSA) is 66.4 Å². The van der Waals surface area contributed by atoms with Gasteiger partial charge in [0.05, 0.1) is 11.6 Å². The van der Waals surface area contributed by atoms with Crippen LogP contribution in [0, 0.1) is 5.92 Å². The van der Waals surface area contributed by atoms with E-state index in [2.05, 4.69) is 4.72 Å². The molecule has 0 aliphatic heterocycles. The Hall–Kier alpha value is -0.620. The van der Waals surface area contributed by atoms with Crippen LogP contribution in [-0.4, -0.2) is 20.1 Å². The fourth-order valence-corrected chi connectivity index (χ4v) is 4.21. The lowest BCUT2D eigenvalue weighted by molar-refractivity contribution is 0.281. The average Bonchev–Trinajstić information content (AvgIpc) is 2.47. The van der Waals surface area contributed by atoms with Gasteiger partial charge in [-0.3, -0.25) is 0 Å². The molecule has 0 atom stereocenters. The number of sulfonamides is 1. The first-order valence-corrected chi connectivity index (χ1v) is 8.78. The zero-order valence-electron chi connectivity index (χ0n) is 11.3. The van der Waals surface area contributed by atoms with Gasteiger partial charge in [-0.25, -0.2) is 13.1 Å². The summed E-state index contributed by atoms with van der Waals surface area (Å²) in [6, 6.07) is 4.54. The van der Waals surface area contributed by atoms with Crippen molar-refractivity contribution in [1.82, 2.24) is 4.72 Å². The minimum atomic E-state index is -3.62. The van der Waals surface area contributed by atoms with Gasteiger partial charge in [-0.15, -0.1) is 0 Å². The van der Waals surface area contributed by atoms with Gasteiger partial charge in [-0.05, 0) is 36.5 Å². The molecule has 0 radical (unpaired) electrons. The van der Waals surface area contributed by atoms with Gasteiger partial charge in [0.2, 0.25) is 10.0 Å². The van der Waals surface area contributed by atoms with Crippen molar-refractivity contribution in [3.8, 4) is 0 Å². The molecule has 2 N–H and O–H groups in total. The highest BCUT2D eigenvalue weighted by atomic mass is 35.5. The van der Waals surface area contributed by atoms with Crippen LogP contribution in [0.2, 0.25) is 5.02 Å². The maximum Gasteiger partial charge on any atom is 0.242 e. The fraction of sp³-hybridized carbons (Fsp3) is 0.571. The predicted molar refractivity (Wildman–Crippen MR) is 79.1 cm³/mol. The summed E-state index contributed by atoms with van der Waals surface area (Å²) in [5, 5.41) is 9.27. The van der Waals surface area contributed by atoms with E-state index >= 15 is 0 Å². The lowest BCUT2D eigenvalue weighted by atomic mass is 9.90. The van der Waals surface area contributed by atoms with Crippen molar-refractivity contribution in [2.75, 3.05) is 6.54 Å². The number of hydrogen-bond acceptors (Lipinski definition) is 3. The van der Waals surface area contributed by atoms with Crippen LogP contribution in [-0.2, 0) is 16.6 Å². The summed E-state index contributed by atoms with van der Waals surface area (Å²) in [5.74, 6) is 0.415. The molecule has 0 aromatic heterocycles. The highest BCUT2D eigenvalue weighted by Gasteiger charge is 2.21. The highest BCUT2D eigenvalue weighted by Crippen LogP contribution is 2.25. The first-order valence-electron chi connectivity index (χ1n) is 6.92. The van der Waals surface area contributed by atoms with E-state index in [1.165, 1.54) is 31.4 Å². The van der Waals surface area contributed by atoms with E-state index in [-0.39, 0.29) is 16.5 Å². The van der Waals surface area contributed by atoms with Crippen molar-refractivity contribution in [3.63, 3.8) is 0 Å². The molecule has 0 bridgehead atoms. The first kappa shape index (κ1) is 15.8. The first-order chi connectivity index (χ1) is 9.53. The Morgan fingerprint density at radius 2 is 1.95 bits per heavy atom. The third kappa shape index (κ3) is 3.95. The Bertz CT molecular complexity index is 554. The van der Waals surface area contributed by atoms with Gasteiger partial charge in [0, 0.05) is 6.54 Å². The third-order valence-electron chi connectivity index (χ3n) is 3.75. The van der Waals surface area contributed by atoms with Gasteiger partial charge in [0.25, 0.3) is 0 Å². The summed E-state index contributed by atoms with van der Waals surface area (Å²) < 4.78 is 27.2. The Kier molecular flexibility index (Phi) is 5.43. The monoisotopic (exact) mass is 317 g/mol. The van der Waals surface area contributed by atoms with Crippen LogP contribution in [0.25, 0.3) is 0 Å². The molecule has 1 aliphatic carbocycles. The van der Waals surface area contributed by atoms with Crippen LogP contribution < -0.4 is 4.72 Å². The van der Waals surface area contributed by atoms with Crippen molar-refractivity contribution in [2.24, 2.45) is 5.92 Å². The van der Waals surface area contributed by atoms with Crippen LogP contribution in [0.1, 0.15) is 37.7 Å². The lowest BCUT2D eigenvalue weighted by Crippen LogP contribution is -2.30. The lowest BCUT2D eigenvalue weighted by Gasteiger charge is -2.21. The normalized spacial score (nSPS) is 17.3. The molecule has 1 aliphatic rings. The summed E-state index contributed by atoms with van der Waals surface area (Å²) in [6.45, 7) is 0.254. The molecule has 1 aromatic rings. The SMILES string of the molecule is O=S(=O)(NCC1CCCCC1)c1cc(CO)ccc1Cl. The maximum absolute atomic E-state index is 12.3. The van der Waals surface area contributed by atoms with Crippen molar-refractivity contribution in [1.29, 1.82) is 0 Å². The van der Waals surface area contributed by atoms with Crippen LogP contribution >= 0.6 is 11.6 Å². The molecule has 0 spiro atoms. The summed E-state index contributed by atoms with van der Waals surface area (Å²) >= 11 is 5.96. The van der Waals surface area contributed by atoms with Gasteiger partial charge in [0.1, 0.15) is 4.90 Å². The molecule has 6 heteroatoms. The molecule has 1 aromatic carbocycles. The predicted octanol–water partition coefficient (Wildman–Crippen LogP) is 2.69. The molecule has 0 heterocycles. The zero-order chi connectivity index (χ0) is 14.6. The number of halogens is 1. The van der Waals surface area contributed by atoms with Crippen molar-refractivity contribution >= 4 is 21.6 Å². The van der Waals surface area contributed by atoms with Crippen LogP contribution in [0.15, 0.2) is 23.1 Å². The van der Waals surface area contributed by atoms with Gasteiger partial charge >= 0.3 is 0 Å². The van der Waals surface area contributed by atoms with E-state index < -0.39 is 10.0 Å². The Balaban J connectivity index is 2.09. The Morgan fingerprint density at radius 1 is 1.25 bits per heavy atom. The number of benzene rings is 1. The van der Waals surface area contributed by atoms with E-state index in [1.807, 2.05) is 0 Å². The van der Waals surface area contributed by atoms with Gasteiger partial charge < -0.3 is 5.11 Å². The zero-order valence-corrected chi connectivity index (χ0v) is 12.9. The average molecular weight is 318 g/mol. The second-order valence-corrected chi connectivity index (χ2v) is 7.42. The van der Waals surface area contributed by atoms with Crippen LogP contribution in [0.5, 0.6) is 0 Å². The molecule has 112 valence electrons. The molecule has 4 nitrogen and oxygen atoms in total. The summed E-state index contributed by atoms with van der Waals surface area (Å²) in [7, 11) is -3.62. The molecule has 1 saturated carbocycles. The van der Waals surface area contributed by atoms with Crippen molar-refractivity contribution in [2.45, 2.75) is 43.6 Å². The summed E-state index contributed by atoms with van der Waals surface area (Å²) in [4.78, 5) is 0.0431. The smallest absolute Gasteiger partial charge is 0.242 e. The number of aliphatic hydroxyl groups is 1. The number of hydrogen-bond donors (Lipinski definition) is 2. The number of rotatable bonds is 5.